The molecule has 212 valence electrons. The molecule has 1 N–H and O–H groups in total. The number of carbonyl (C=O) groups is 1. The first kappa shape index (κ1) is 28.5. The summed E-state index contributed by atoms with van der Waals surface area (Å²) < 4.78 is 45.2. The van der Waals surface area contributed by atoms with Gasteiger partial charge in [0.25, 0.3) is 15.9 Å². The molecule has 1 amide bonds. The summed E-state index contributed by atoms with van der Waals surface area (Å²) in [7, 11) is -4.03. The molecule has 1 aromatic heterocycles. The standard InChI is InChI=1S/C33H29FN4O3S/c1-24-21-27(25(2)38(24)32-20-12-10-18-30(32)34)22-35-36-33(39)29-17-9-11-19-31(29)37(23-26-13-5-3-6-14-26)42(40,41)28-15-7-4-8-16-28/h3-22H,23H2,1-2H3,(H,36,39)/b35-22-. The Morgan fingerprint density at radius 2 is 1.50 bits per heavy atom. The molecular formula is C33H29FN4O3S. The minimum atomic E-state index is -4.03. The van der Waals surface area contributed by atoms with Crippen molar-refractivity contribution in [2.75, 3.05) is 4.31 Å². The van der Waals surface area contributed by atoms with Crippen LogP contribution in [0.25, 0.3) is 5.69 Å². The maximum atomic E-state index is 14.5. The van der Waals surface area contributed by atoms with Crippen LogP contribution < -0.4 is 9.73 Å². The Balaban J connectivity index is 1.45. The molecule has 5 rings (SSSR count). The number of aryl methyl sites for hydroxylation is 1. The predicted octanol–water partition coefficient (Wildman–Crippen LogP) is 6.39. The zero-order valence-electron chi connectivity index (χ0n) is 23.1. The fourth-order valence-electron chi connectivity index (χ4n) is 4.79. The molecule has 42 heavy (non-hydrogen) atoms. The third kappa shape index (κ3) is 5.87. The zero-order chi connectivity index (χ0) is 29.7. The third-order valence-corrected chi connectivity index (χ3v) is 8.62. The van der Waals surface area contributed by atoms with Crippen molar-refractivity contribution in [1.29, 1.82) is 0 Å². The van der Waals surface area contributed by atoms with E-state index in [1.165, 1.54) is 28.7 Å². The average molecular weight is 581 g/mol. The molecular weight excluding hydrogens is 551 g/mol. The summed E-state index contributed by atoms with van der Waals surface area (Å²) >= 11 is 0. The summed E-state index contributed by atoms with van der Waals surface area (Å²) in [5.41, 5.74) is 6.32. The minimum absolute atomic E-state index is 0.0215. The smallest absolute Gasteiger partial charge is 0.273 e. The summed E-state index contributed by atoms with van der Waals surface area (Å²) in [5, 5.41) is 4.15. The average Bonchev–Trinajstić information content (AvgIpc) is 3.29. The summed E-state index contributed by atoms with van der Waals surface area (Å²) in [6.45, 7) is 3.72. The Morgan fingerprint density at radius 1 is 0.881 bits per heavy atom. The van der Waals surface area contributed by atoms with Crippen LogP contribution in [0.2, 0.25) is 0 Å². The highest BCUT2D eigenvalue weighted by atomic mass is 32.2. The van der Waals surface area contributed by atoms with Crippen LogP contribution in [0.1, 0.15) is 32.9 Å². The van der Waals surface area contributed by atoms with Gasteiger partial charge in [0.15, 0.2) is 0 Å². The van der Waals surface area contributed by atoms with Crippen molar-refractivity contribution in [2.45, 2.75) is 25.3 Å². The molecule has 9 heteroatoms. The third-order valence-electron chi connectivity index (χ3n) is 6.85. The largest absolute Gasteiger partial charge is 0.315 e. The van der Waals surface area contributed by atoms with Gasteiger partial charge in [-0.3, -0.25) is 9.10 Å². The second-order valence-electron chi connectivity index (χ2n) is 9.64. The number of anilines is 1. The summed E-state index contributed by atoms with van der Waals surface area (Å²) in [6.07, 6.45) is 1.49. The van der Waals surface area contributed by atoms with Crippen molar-refractivity contribution < 1.29 is 17.6 Å². The normalized spacial score (nSPS) is 11.5. The van der Waals surface area contributed by atoms with E-state index in [1.54, 1.807) is 65.2 Å². The van der Waals surface area contributed by atoms with Gasteiger partial charge >= 0.3 is 0 Å². The lowest BCUT2D eigenvalue weighted by Gasteiger charge is -2.26. The highest BCUT2D eigenvalue weighted by Crippen LogP contribution is 2.29. The molecule has 0 unspecified atom stereocenters. The van der Waals surface area contributed by atoms with Gasteiger partial charge in [-0.05, 0) is 61.9 Å². The lowest BCUT2D eigenvalue weighted by atomic mass is 10.1. The van der Waals surface area contributed by atoms with Crippen LogP contribution >= 0.6 is 0 Å². The molecule has 0 atom stereocenters. The van der Waals surface area contributed by atoms with Crippen LogP contribution in [0.3, 0.4) is 0 Å². The SMILES string of the molecule is Cc1cc(/C=N\NC(=O)c2ccccc2N(Cc2ccccc2)S(=O)(=O)c2ccccc2)c(C)n1-c1ccccc1F. The predicted molar refractivity (Wildman–Crippen MR) is 163 cm³/mol. The van der Waals surface area contributed by atoms with Crippen molar-refractivity contribution in [3.8, 4) is 5.69 Å². The molecule has 0 aliphatic heterocycles. The molecule has 0 saturated carbocycles. The number of hydrogen-bond donors (Lipinski definition) is 1. The number of nitrogens with zero attached hydrogens (tertiary/aromatic N) is 3. The maximum Gasteiger partial charge on any atom is 0.273 e. The summed E-state index contributed by atoms with van der Waals surface area (Å²) in [6, 6.07) is 32.1. The van der Waals surface area contributed by atoms with Gasteiger partial charge in [-0.25, -0.2) is 18.2 Å². The minimum Gasteiger partial charge on any atom is -0.315 e. The van der Waals surface area contributed by atoms with E-state index in [0.29, 0.717) is 11.3 Å². The van der Waals surface area contributed by atoms with Gasteiger partial charge in [0.2, 0.25) is 0 Å². The molecule has 0 bridgehead atoms. The maximum absolute atomic E-state index is 14.5. The van der Waals surface area contributed by atoms with Crippen molar-refractivity contribution in [1.82, 2.24) is 9.99 Å². The van der Waals surface area contributed by atoms with Gasteiger partial charge in [0.1, 0.15) is 5.82 Å². The molecule has 1 heterocycles. The van der Waals surface area contributed by atoms with E-state index in [-0.39, 0.29) is 28.5 Å². The quantitative estimate of drug-likeness (QED) is 0.162. The second kappa shape index (κ2) is 12.2. The number of sulfonamides is 1. The van der Waals surface area contributed by atoms with E-state index in [4.69, 9.17) is 0 Å². The van der Waals surface area contributed by atoms with Crippen LogP contribution in [-0.2, 0) is 16.6 Å². The Kier molecular flexibility index (Phi) is 8.31. The van der Waals surface area contributed by atoms with Crippen LogP contribution in [-0.4, -0.2) is 25.1 Å². The molecule has 0 fully saturated rings. The lowest BCUT2D eigenvalue weighted by Crippen LogP contribution is -2.33. The molecule has 0 saturated heterocycles. The van der Waals surface area contributed by atoms with Crippen LogP contribution in [0.15, 0.2) is 125 Å². The monoisotopic (exact) mass is 580 g/mol. The van der Waals surface area contributed by atoms with Gasteiger partial charge in [0.05, 0.1) is 34.6 Å². The van der Waals surface area contributed by atoms with Crippen LogP contribution in [0.5, 0.6) is 0 Å². The van der Waals surface area contributed by atoms with Gasteiger partial charge in [-0.2, -0.15) is 5.10 Å². The Labute approximate surface area is 244 Å². The van der Waals surface area contributed by atoms with Crippen molar-refractivity contribution in [3.05, 3.63) is 149 Å². The van der Waals surface area contributed by atoms with Gasteiger partial charge in [-0.15, -0.1) is 0 Å². The molecule has 0 aliphatic rings. The molecule has 7 nitrogen and oxygen atoms in total. The lowest BCUT2D eigenvalue weighted by molar-refractivity contribution is 0.0955. The fourth-order valence-corrected chi connectivity index (χ4v) is 6.29. The van der Waals surface area contributed by atoms with E-state index in [0.717, 1.165) is 17.0 Å². The topological polar surface area (TPSA) is 83.8 Å². The van der Waals surface area contributed by atoms with Crippen molar-refractivity contribution in [3.63, 3.8) is 0 Å². The van der Waals surface area contributed by atoms with E-state index in [9.17, 15) is 17.6 Å². The number of para-hydroxylation sites is 2. The number of rotatable bonds is 9. The van der Waals surface area contributed by atoms with E-state index >= 15 is 0 Å². The molecule has 0 radical (unpaired) electrons. The Hall–Kier alpha value is -5.02. The van der Waals surface area contributed by atoms with Gasteiger partial charge in [-0.1, -0.05) is 72.8 Å². The van der Waals surface area contributed by atoms with Crippen molar-refractivity contribution in [2.24, 2.45) is 5.10 Å². The number of nitrogens with one attached hydrogen (secondary N) is 1. The summed E-state index contributed by atoms with van der Waals surface area (Å²) in [5.74, 6) is -0.927. The summed E-state index contributed by atoms with van der Waals surface area (Å²) in [4.78, 5) is 13.5. The van der Waals surface area contributed by atoms with Crippen molar-refractivity contribution >= 4 is 27.8 Å². The second-order valence-corrected chi connectivity index (χ2v) is 11.5. The first-order valence-electron chi connectivity index (χ1n) is 13.3. The van der Waals surface area contributed by atoms with Gasteiger partial charge in [0, 0.05) is 17.0 Å². The number of halogens is 1. The first-order chi connectivity index (χ1) is 20.3. The number of hydrazone groups is 1. The van der Waals surface area contributed by atoms with E-state index < -0.39 is 15.9 Å². The van der Waals surface area contributed by atoms with Crippen LogP contribution in [0, 0.1) is 19.7 Å². The van der Waals surface area contributed by atoms with E-state index in [1.807, 2.05) is 50.2 Å². The van der Waals surface area contributed by atoms with Gasteiger partial charge < -0.3 is 4.57 Å². The fraction of sp³-hybridized carbons (Fsp3) is 0.0909. The molecule has 4 aromatic carbocycles. The zero-order valence-corrected chi connectivity index (χ0v) is 23.9. The number of benzene rings is 4. The number of carbonyl (C=O) groups excluding carboxylic acids is 1. The molecule has 5 aromatic rings. The molecule has 0 spiro atoms. The first-order valence-corrected chi connectivity index (χ1v) is 14.7. The number of aromatic nitrogens is 1. The molecule has 0 aliphatic carbocycles. The Bertz CT molecular complexity index is 1850. The van der Waals surface area contributed by atoms with Crippen LogP contribution in [0.4, 0.5) is 10.1 Å². The Morgan fingerprint density at radius 3 is 2.21 bits per heavy atom. The number of amides is 1. The highest BCUT2D eigenvalue weighted by molar-refractivity contribution is 7.92. The highest BCUT2D eigenvalue weighted by Gasteiger charge is 2.28. The van der Waals surface area contributed by atoms with E-state index in [2.05, 4.69) is 10.5 Å². The number of hydrogen-bond acceptors (Lipinski definition) is 4.